The third-order valence-electron chi connectivity index (χ3n) is 5.66. The lowest BCUT2D eigenvalue weighted by molar-refractivity contribution is -0.146. The predicted molar refractivity (Wildman–Crippen MR) is 97.2 cm³/mol. The molecule has 2 fully saturated rings. The van der Waals surface area contributed by atoms with Crippen LogP contribution in [0, 0.1) is 11.8 Å². The van der Waals surface area contributed by atoms with Crippen LogP contribution in [0.3, 0.4) is 0 Å². The number of aromatic nitrogens is 2. The van der Waals surface area contributed by atoms with Crippen LogP contribution in [-0.2, 0) is 16.1 Å². The van der Waals surface area contributed by atoms with Crippen molar-refractivity contribution in [2.24, 2.45) is 11.8 Å². The third-order valence-corrected chi connectivity index (χ3v) is 5.66. The lowest BCUT2D eigenvalue weighted by Crippen LogP contribution is -2.48. The number of carbonyl (C=O) groups is 1. The molecular weight excluding hydrogens is 314 g/mol. The fraction of sp³-hybridized carbons (Fsp3) is 0.600. The number of piperidine rings is 1. The van der Waals surface area contributed by atoms with Crippen LogP contribution in [-0.4, -0.2) is 46.2 Å². The van der Waals surface area contributed by atoms with Gasteiger partial charge in [0, 0.05) is 32.2 Å². The fourth-order valence-electron chi connectivity index (χ4n) is 4.25. The number of fused-ring (bicyclic) bond motifs is 1. The number of carbonyl (C=O) groups excluding carboxylic acids is 1. The minimum atomic E-state index is 0.185. The van der Waals surface area contributed by atoms with Crippen molar-refractivity contribution in [2.45, 2.75) is 45.3 Å². The van der Waals surface area contributed by atoms with E-state index >= 15 is 0 Å². The first-order chi connectivity index (χ1) is 12.2. The molecular formula is C20H27N3O2. The Bertz CT molecular complexity index is 735. The number of rotatable bonds is 5. The smallest absolute Gasteiger partial charge is 0.225 e. The number of ether oxygens (including phenoxy) is 1. The molecule has 2 heterocycles. The van der Waals surface area contributed by atoms with Gasteiger partial charge in [-0.05, 0) is 50.7 Å². The molecule has 2 aromatic rings. The Morgan fingerprint density at radius 3 is 3.00 bits per heavy atom. The average Bonchev–Trinajstić information content (AvgIpc) is 3.01. The van der Waals surface area contributed by atoms with Crippen LogP contribution in [0.15, 0.2) is 30.6 Å². The lowest BCUT2D eigenvalue weighted by atomic mass is 9.80. The molecule has 0 radical (unpaired) electrons. The predicted octanol–water partition coefficient (Wildman–Crippen LogP) is 3.09. The van der Waals surface area contributed by atoms with Crippen LogP contribution in [0.2, 0.25) is 0 Å². The van der Waals surface area contributed by atoms with E-state index in [1.54, 1.807) is 0 Å². The van der Waals surface area contributed by atoms with Gasteiger partial charge in [0.05, 0.1) is 23.5 Å². The molecule has 134 valence electrons. The molecule has 0 spiro atoms. The van der Waals surface area contributed by atoms with Gasteiger partial charge < -0.3 is 14.2 Å². The standard InChI is InChI=1S/C20H27N3O2/c1-2-25-17-10-16(11-17)20(24)22-9-5-6-15(12-22)13-23-14-21-18-7-3-4-8-19(18)23/h3-4,7-8,14-17H,2,5-6,9-13H2,1H3. The Balaban J connectivity index is 1.36. The van der Waals surface area contributed by atoms with Gasteiger partial charge in [0.25, 0.3) is 0 Å². The third kappa shape index (κ3) is 3.43. The highest BCUT2D eigenvalue weighted by atomic mass is 16.5. The zero-order valence-electron chi connectivity index (χ0n) is 14.9. The molecule has 1 aliphatic heterocycles. The van der Waals surface area contributed by atoms with Gasteiger partial charge in [0.2, 0.25) is 5.91 Å². The van der Waals surface area contributed by atoms with Gasteiger partial charge in [-0.1, -0.05) is 12.1 Å². The summed E-state index contributed by atoms with van der Waals surface area (Å²) in [7, 11) is 0. The second-order valence-electron chi connectivity index (χ2n) is 7.42. The van der Waals surface area contributed by atoms with Gasteiger partial charge >= 0.3 is 0 Å². The first kappa shape index (κ1) is 16.6. The molecule has 1 unspecified atom stereocenters. The molecule has 4 rings (SSSR count). The Hall–Kier alpha value is -1.88. The minimum absolute atomic E-state index is 0.185. The molecule has 1 saturated heterocycles. The van der Waals surface area contributed by atoms with Gasteiger partial charge in [0.1, 0.15) is 0 Å². The second-order valence-corrected chi connectivity index (χ2v) is 7.42. The number of amides is 1. The van der Waals surface area contributed by atoms with Gasteiger partial charge in [-0.3, -0.25) is 4.79 Å². The Morgan fingerprint density at radius 2 is 2.16 bits per heavy atom. The Kier molecular flexibility index (Phi) is 4.75. The number of benzene rings is 1. The molecule has 1 atom stereocenters. The van der Waals surface area contributed by atoms with Gasteiger partial charge in [0.15, 0.2) is 0 Å². The Morgan fingerprint density at radius 1 is 1.32 bits per heavy atom. The number of hydrogen-bond acceptors (Lipinski definition) is 3. The summed E-state index contributed by atoms with van der Waals surface area (Å²) >= 11 is 0. The monoisotopic (exact) mass is 341 g/mol. The highest BCUT2D eigenvalue weighted by Crippen LogP contribution is 2.33. The van der Waals surface area contributed by atoms with Crippen LogP contribution in [0.1, 0.15) is 32.6 Å². The number of hydrogen-bond donors (Lipinski definition) is 0. The average molecular weight is 341 g/mol. The summed E-state index contributed by atoms with van der Waals surface area (Å²) in [5, 5.41) is 0. The van der Waals surface area contributed by atoms with Crippen molar-refractivity contribution < 1.29 is 9.53 Å². The normalized spacial score (nSPS) is 26.6. The Labute approximate surface area is 149 Å². The quantitative estimate of drug-likeness (QED) is 0.840. The molecule has 0 bridgehead atoms. The molecule has 5 nitrogen and oxygen atoms in total. The first-order valence-corrected chi connectivity index (χ1v) is 9.55. The SMILES string of the molecule is CCOC1CC(C(=O)N2CCCC(Cn3cnc4ccccc43)C2)C1. The van der Waals surface area contributed by atoms with E-state index in [0.717, 1.165) is 51.0 Å². The summed E-state index contributed by atoms with van der Waals surface area (Å²) < 4.78 is 7.84. The summed E-state index contributed by atoms with van der Waals surface area (Å²) in [6.07, 6.45) is 6.33. The van der Waals surface area contributed by atoms with E-state index < -0.39 is 0 Å². The van der Waals surface area contributed by atoms with E-state index in [-0.39, 0.29) is 5.92 Å². The molecule has 0 N–H and O–H groups in total. The van der Waals surface area contributed by atoms with Crippen molar-refractivity contribution in [3.8, 4) is 0 Å². The zero-order valence-corrected chi connectivity index (χ0v) is 14.9. The van der Waals surface area contributed by atoms with Crippen LogP contribution in [0.25, 0.3) is 11.0 Å². The van der Waals surface area contributed by atoms with E-state index in [2.05, 4.69) is 26.6 Å². The maximum Gasteiger partial charge on any atom is 0.225 e. The second kappa shape index (κ2) is 7.16. The molecule has 1 amide bonds. The van der Waals surface area contributed by atoms with Crippen LogP contribution >= 0.6 is 0 Å². The number of para-hydroxylation sites is 2. The topological polar surface area (TPSA) is 47.4 Å². The van der Waals surface area contributed by atoms with Crippen molar-refractivity contribution in [1.29, 1.82) is 0 Å². The summed E-state index contributed by atoms with van der Waals surface area (Å²) in [6, 6.07) is 8.25. The number of nitrogens with zero attached hydrogens (tertiary/aromatic N) is 3. The summed E-state index contributed by atoms with van der Waals surface area (Å²) in [5.74, 6) is 1.04. The molecule has 5 heteroatoms. The molecule has 1 saturated carbocycles. The maximum absolute atomic E-state index is 12.7. The van der Waals surface area contributed by atoms with Crippen molar-refractivity contribution in [1.82, 2.24) is 14.5 Å². The van der Waals surface area contributed by atoms with Crippen molar-refractivity contribution in [3.05, 3.63) is 30.6 Å². The number of imidazole rings is 1. The van der Waals surface area contributed by atoms with Crippen LogP contribution in [0.4, 0.5) is 0 Å². The highest BCUT2D eigenvalue weighted by Gasteiger charge is 2.38. The summed E-state index contributed by atoms with van der Waals surface area (Å²) in [6.45, 7) is 5.49. The zero-order chi connectivity index (χ0) is 17.2. The minimum Gasteiger partial charge on any atom is -0.378 e. The van der Waals surface area contributed by atoms with Crippen LogP contribution in [0.5, 0.6) is 0 Å². The van der Waals surface area contributed by atoms with E-state index in [1.807, 2.05) is 25.4 Å². The highest BCUT2D eigenvalue weighted by molar-refractivity contribution is 5.80. The van der Waals surface area contributed by atoms with E-state index in [9.17, 15) is 4.79 Å². The van der Waals surface area contributed by atoms with Crippen LogP contribution < -0.4 is 0 Å². The van der Waals surface area contributed by atoms with Gasteiger partial charge in [-0.2, -0.15) is 0 Å². The molecule has 1 aromatic carbocycles. The largest absolute Gasteiger partial charge is 0.378 e. The van der Waals surface area contributed by atoms with Crippen molar-refractivity contribution >= 4 is 16.9 Å². The number of likely N-dealkylation sites (tertiary alicyclic amines) is 1. The van der Waals surface area contributed by atoms with E-state index in [0.29, 0.717) is 17.9 Å². The lowest BCUT2D eigenvalue weighted by Gasteiger charge is -2.40. The summed E-state index contributed by atoms with van der Waals surface area (Å²) in [4.78, 5) is 19.3. The fourth-order valence-corrected chi connectivity index (χ4v) is 4.25. The molecule has 25 heavy (non-hydrogen) atoms. The van der Waals surface area contributed by atoms with Gasteiger partial charge in [-0.25, -0.2) is 4.98 Å². The van der Waals surface area contributed by atoms with E-state index in [1.165, 1.54) is 11.9 Å². The van der Waals surface area contributed by atoms with E-state index in [4.69, 9.17) is 4.74 Å². The molecule has 1 aliphatic carbocycles. The van der Waals surface area contributed by atoms with Crippen molar-refractivity contribution in [2.75, 3.05) is 19.7 Å². The molecule has 2 aliphatic rings. The van der Waals surface area contributed by atoms with Crippen molar-refractivity contribution in [3.63, 3.8) is 0 Å². The maximum atomic E-state index is 12.7. The first-order valence-electron chi connectivity index (χ1n) is 9.55. The van der Waals surface area contributed by atoms with Gasteiger partial charge in [-0.15, -0.1) is 0 Å². The summed E-state index contributed by atoms with van der Waals surface area (Å²) in [5.41, 5.74) is 2.23. The molecule has 1 aromatic heterocycles.